The SMILES string of the molecule is CCOc1cc(C(=O)O)ccc1[N+](=O)[O-].Cl. The number of hydrogen-bond acceptors (Lipinski definition) is 4. The molecule has 0 aromatic heterocycles. The zero-order chi connectivity index (χ0) is 11.4. The molecule has 0 atom stereocenters. The molecule has 7 heteroatoms. The molecule has 0 fully saturated rings. The van der Waals surface area contributed by atoms with E-state index in [1.54, 1.807) is 6.92 Å². The lowest BCUT2D eigenvalue weighted by Gasteiger charge is -2.04. The van der Waals surface area contributed by atoms with Crippen molar-refractivity contribution in [3.63, 3.8) is 0 Å². The number of carboxylic acids is 1. The van der Waals surface area contributed by atoms with Gasteiger partial charge in [-0.15, -0.1) is 12.4 Å². The summed E-state index contributed by atoms with van der Waals surface area (Å²) in [7, 11) is 0. The second-order valence-corrected chi connectivity index (χ2v) is 2.68. The first-order valence-corrected chi connectivity index (χ1v) is 4.20. The third-order valence-electron chi connectivity index (χ3n) is 1.70. The number of carbonyl (C=O) groups is 1. The highest BCUT2D eigenvalue weighted by Crippen LogP contribution is 2.27. The van der Waals surface area contributed by atoms with Gasteiger partial charge in [0.15, 0.2) is 5.75 Å². The highest BCUT2D eigenvalue weighted by atomic mass is 35.5. The Labute approximate surface area is 97.4 Å². The van der Waals surface area contributed by atoms with Crippen LogP contribution in [0.15, 0.2) is 18.2 Å². The van der Waals surface area contributed by atoms with Crippen molar-refractivity contribution in [2.75, 3.05) is 6.61 Å². The van der Waals surface area contributed by atoms with Crippen LogP contribution in [0.3, 0.4) is 0 Å². The molecule has 88 valence electrons. The Morgan fingerprint density at radius 3 is 2.62 bits per heavy atom. The molecule has 0 spiro atoms. The highest BCUT2D eigenvalue weighted by Gasteiger charge is 2.17. The van der Waals surface area contributed by atoms with E-state index in [1.165, 1.54) is 6.07 Å². The van der Waals surface area contributed by atoms with Gasteiger partial charge >= 0.3 is 11.7 Å². The Bertz CT molecular complexity index is 407. The van der Waals surface area contributed by atoms with Crippen LogP contribution in [0.25, 0.3) is 0 Å². The van der Waals surface area contributed by atoms with E-state index in [0.29, 0.717) is 0 Å². The number of halogens is 1. The van der Waals surface area contributed by atoms with Crippen molar-refractivity contribution < 1.29 is 19.6 Å². The van der Waals surface area contributed by atoms with E-state index in [9.17, 15) is 14.9 Å². The number of nitro benzene ring substituents is 1. The van der Waals surface area contributed by atoms with E-state index in [1.807, 2.05) is 0 Å². The Hall–Kier alpha value is -1.82. The van der Waals surface area contributed by atoms with Crippen molar-refractivity contribution in [2.24, 2.45) is 0 Å². The Morgan fingerprint density at radius 2 is 2.19 bits per heavy atom. The third kappa shape index (κ3) is 3.09. The van der Waals surface area contributed by atoms with E-state index in [0.717, 1.165) is 12.1 Å². The quantitative estimate of drug-likeness (QED) is 0.650. The predicted molar refractivity (Wildman–Crippen MR) is 58.5 cm³/mol. The molecule has 0 heterocycles. The number of hydrogen-bond donors (Lipinski definition) is 1. The minimum atomic E-state index is -1.15. The average molecular weight is 248 g/mol. The topological polar surface area (TPSA) is 89.7 Å². The zero-order valence-electron chi connectivity index (χ0n) is 8.37. The summed E-state index contributed by atoms with van der Waals surface area (Å²) in [6, 6.07) is 3.43. The Morgan fingerprint density at radius 1 is 1.56 bits per heavy atom. The van der Waals surface area contributed by atoms with Crippen LogP contribution in [-0.4, -0.2) is 22.6 Å². The van der Waals surface area contributed by atoms with Gasteiger partial charge in [0.2, 0.25) is 0 Å². The van der Waals surface area contributed by atoms with Gasteiger partial charge in [0, 0.05) is 12.1 Å². The Balaban J connectivity index is 0.00000225. The molecule has 0 saturated heterocycles. The van der Waals surface area contributed by atoms with Crippen LogP contribution in [0.2, 0.25) is 0 Å². The highest BCUT2D eigenvalue weighted by molar-refractivity contribution is 5.88. The summed E-state index contributed by atoms with van der Waals surface area (Å²) < 4.78 is 4.98. The molecule has 0 bridgehead atoms. The lowest BCUT2D eigenvalue weighted by atomic mass is 10.2. The van der Waals surface area contributed by atoms with Crippen LogP contribution in [0, 0.1) is 10.1 Å². The molecule has 0 aliphatic rings. The number of aromatic carboxylic acids is 1. The molecule has 0 aliphatic heterocycles. The number of nitrogens with zero attached hydrogens (tertiary/aromatic N) is 1. The second kappa shape index (κ2) is 5.92. The summed E-state index contributed by atoms with van der Waals surface area (Å²) in [6.45, 7) is 1.90. The fraction of sp³-hybridized carbons (Fsp3) is 0.222. The van der Waals surface area contributed by atoms with Gasteiger partial charge in [-0.25, -0.2) is 4.79 Å². The van der Waals surface area contributed by atoms with E-state index in [-0.39, 0.29) is 36.0 Å². The van der Waals surface area contributed by atoms with Crippen molar-refractivity contribution in [1.82, 2.24) is 0 Å². The maximum Gasteiger partial charge on any atom is 0.335 e. The van der Waals surface area contributed by atoms with Crippen molar-refractivity contribution in [2.45, 2.75) is 6.92 Å². The second-order valence-electron chi connectivity index (χ2n) is 2.68. The predicted octanol–water partition coefficient (Wildman–Crippen LogP) is 2.11. The number of nitro groups is 1. The fourth-order valence-corrected chi connectivity index (χ4v) is 1.07. The molecule has 0 radical (unpaired) electrons. The molecule has 1 rings (SSSR count). The smallest absolute Gasteiger partial charge is 0.335 e. The molecule has 1 aromatic rings. The summed E-state index contributed by atoms with van der Waals surface area (Å²) in [5.74, 6) is -1.17. The van der Waals surface area contributed by atoms with Crippen LogP contribution in [-0.2, 0) is 0 Å². The van der Waals surface area contributed by atoms with Crippen molar-refractivity contribution in [3.05, 3.63) is 33.9 Å². The molecular formula is C9H10ClNO5. The number of benzene rings is 1. The van der Waals surface area contributed by atoms with Crippen molar-refractivity contribution in [1.29, 1.82) is 0 Å². The molecule has 0 aliphatic carbocycles. The first-order chi connectivity index (χ1) is 7.06. The fourth-order valence-electron chi connectivity index (χ4n) is 1.07. The van der Waals surface area contributed by atoms with Gasteiger partial charge in [-0.2, -0.15) is 0 Å². The van der Waals surface area contributed by atoms with Gasteiger partial charge in [0.05, 0.1) is 17.1 Å². The minimum absolute atomic E-state index is 0. The van der Waals surface area contributed by atoms with E-state index in [4.69, 9.17) is 9.84 Å². The summed E-state index contributed by atoms with van der Waals surface area (Å²) in [4.78, 5) is 20.6. The lowest BCUT2D eigenvalue weighted by molar-refractivity contribution is -0.385. The minimum Gasteiger partial charge on any atom is -0.487 e. The van der Waals surface area contributed by atoms with Gasteiger partial charge in [0.25, 0.3) is 0 Å². The standard InChI is InChI=1S/C9H9NO5.ClH/c1-2-15-8-5-6(9(11)12)3-4-7(8)10(13)14;/h3-5H,2H2,1H3,(H,11,12);1H. The van der Waals surface area contributed by atoms with Gasteiger partial charge in [-0.05, 0) is 13.0 Å². The third-order valence-corrected chi connectivity index (χ3v) is 1.70. The first kappa shape index (κ1) is 14.2. The van der Waals surface area contributed by atoms with Gasteiger partial charge < -0.3 is 9.84 Å². The number of ether oxygens (including phenoxy) is 1. The molecule has 0 saturated carbocycles. The molecular weight excluding hydrogens is 238 g/mol. The number of carboxylic acid groups (broad SMARTS) is 1. The van der Waals surface area contributed by atoms with Crippen LogP contribution in [0.5, 0.6) is 5.75 Å². The van der Waals surface area contributed by atoms with Crippen molar-refractivity contribution >= 4 is 24.1 Å². The van der Waals surface area contributed by atoms with Gasteiger partial charge in [0.1, 0.15) is 0 Å². The molecule has 16 heavy (non-hydrogen) atoms. The van der Waals surface area contributed by atoms with Crippen LogP contribution < -0.4 is 4.74 Å². The molecule has 6 nitrogen and oxygen atoms in total. The molecule has 0 amide bonds. The average Bonchev–Trinajstić information content (AvgIpc) is 2.17. The Kier molecular flexibility index (Phi) is 5.24. The van der Waals surface area contributed by atoms with E-state index in [2.05, 4.69) is 0 Å². The largest absolute Gasteiger partial charge is 0.487 e. The monoisotopic (exact) mass is 247 g/mol. The van der Waals surface area contributed by atoms with E-state index >= 15 is 0 Å². The maximum absolute atomic E-state index is 10.6. The van der Waals surface area contributed by atoms with Crippen LogP contribution in [0.4, 0.5) is 5.69 Å². The zero-order valence-corrected chi connectivity index (χ0v) is 9.19. The van der Waals surface area contributed by atoms with Gasteiger partial charge in [-0.1, -0.05) is 0 Å². The van der Waals surface area contributed by atoms with Crippen LogP contribution >= 0.6 is 12.4 Å². The molecule has 1 N–H and O–H groups in total. The van der Waals surface area contributed by atoms with Gasteiger partial charge in [-0.3, -0.25) is 10.1 Å². The summed E-state index contributed by atoms with van der Waals surface area (Å²) in [5, 5.41) is 19.2. The van der Waals surface area contributed by atoms with E-state index < -0.39 is 10.9 Å². The van der Waals surface area contributed by atoms with Crippen molar-refractivity contribution in [3.8, 4) is 5.75 Å². The summed E-state index contributed by atoms with van der Waals surface area (Å²) in [6.07, 6.45) is 0. The lowest BCUT2D eigenvalue weighted by Crippen LogP contribution is -2.01. The normalized spacial score (nSPS) is 9.06. The van der Waals surface area contributed by atoms with Crippen LogP contribution in [0.1, 0.15) is 17.3 Å². The summed E-state index contributed by atoms with van der Waals surface area (Å²) >= 11 is 0. The number of rotatable bonds is 4. The first-order valence-electron chi connectivity index (χ1n) is 4.20. The maximum atomic E-state index is 10.6. The molecule has 0 unspecified atom stereocenters. The summed E-state index contributed by atoms with van der Waals surface area (Å²) in [5.41, 5.74) is -0.272. The molecule has 1 aromatic carbocycles.